The number of ether oxygens (including phenoxy) is 2. The van der Waals surface area contributed by atoms with Crippen molar-refractivity contribution in [3.8, 4) is 0 Å². The van der Waals surface area contributed by atoms with E-state index in [1.165, 1.54) is 47.3 Å². The Balaban J connectivity index is 1.43. The first-order chi connectivity index (χ1) is 22.1. The number of nitrogens with zero attached hydrogens (tertiary/aromatic N) is 4. The molecule has 0 aliphatic carbocycles. The lowest BCUT2D eigenvalue weighted by Gasteiger charge is -2.22. The zero-order valence-corrected chi connectivity index (χ0v) is 26.1. The molecule has 2 aromatic heterocycles. The lowest BCUT2D eigenvalue weighted by Crippen LogP contribution is -2.38. The quantitative estimate of drug-likeness (QED) is 0.0687. The average Bonchev–Trinajstić information content (AvgIpc) is 3.56. The van der Waals surface area contributed by atoms with E-state index in [1.807, 2.05) is 0 Å². The lowest BCUT2D eigenvalue weighted by atomic mass is 9.98. The third-order valence-electron chi connectivity index (χ3n) is 6.46. The highest BCUT2D eigenvalue weighted by Crippen LogP contribution is 2.66. The number of rotatable bonds is 12. The maximum absolute atomic E-state index is 13.5. The van der Waals surface area contributed by atoms with Crippen LogP contribution in [0.2, 0.25) is 0 Å². The molecule has 7 N–H and O–H groups in total. The average molecular weight is 715 g/mol. The number of phosphoric ester groups is 1. The number of aliphatic hydroxyl groups excluding tert-OH is 1. The van der Waals surface area contributed by atoms with Gasteiger partial charge in [0.2, 0.25) is 0 Å². The molecule has 1 aliphatic heterocycles. The van der Waals surface area contributed by atoms with E-state index in [9.17, 15) is 38.2 Å². The van der Waals surface area contributed by atoms with Gasteiger partial charge < -0.3 is 39.9 Å². The van der Waals surface area contributed by atoms with Gasteiger partial charge in [-0.05, 0) is 6.07 Å². The number of hydrogen-bond donors (Lipinski definition) is 6. The van der Waals surface area contributed by atoms with Crippen LogP contribution in [0.5, 0.6) is 0 Å². The lowest BCUT2D eigenvalue weighted by molar-refractivity contribution is -0.0520. The molecule has 0 spiro atoms. The summed E-state index contributed by atoms with van der Waals surface area (Å²) in [5.74, 6) is -1.66. The van der Waals surface area contributed by atoms with E-state index in [1.54, 1.807) is 18.2 Å². The second-order valence-corrected chi connectivity index (χ2v) is 14.1. The van der Waals surface area contributed by atoms with Crippen LogP contribution in [0.15, 0.2) is 67.3 Å². The van der Waals surface area contributed by atoms with Crippen molar-refractivity contribution < 1.29 is 70.6 Å². The van der Waals surface area contributed by atoms with Crippen LogP contribution in [0, 0.1) is 0 Å². The van der Waals surface area contributed by atoms with Crippen LogP contribution < -0.4 is 5.73 Å². The summed E-state index contributed by atoms with van der Waals surface area (Å²) in [6.45, 7) is -1.09. The third kappa shape index (κ3) is 8.05. The maximum Gasteiger partial charge on any atom is 0.490 e. The number of hydrogen-bond acceptors (Lipinski definition) is 15. The number of carbonyl (C=O) groups is 2. The molecule has 0 radical (unpaired) electrons. The Morgan fingerprint density at radius 3 is 2.23 bits per heavy atom. The van der Waals surface area contributed by atoms with E-state index in [4.69, 9.17) is 29.5 Å². The summed E-state index contributed by atoms with van der Waals surface area (Å²) in [6, 6.07) is 13.7. The largest absolute Gasteiger partial charge is 0.490 e. The number of imidazole rings is 1. The molecule has 4 aromatic rings. The van der Waals surface area contributed by atoms with Gasteiger partial charge in [0.05, 0.1) is 18.5 Å². The number of aromatic nitrogens is 4. The van der Waals surface area contributed by atoms with Crippen molar-refractivity contribution >= 4 is 52.2 Å². The molecule has 47 heavy (non-hydrogen) atoms. The number of carbonyl (C=O) groups excluding carboxylic acids is 2. The van der Waals surface area contributed by atoms with E-state index in [0.717, 1.165) is 6.33 Å². The van der Waals surface area contributed by atoms with Gasteiger partial charge in [-0.15, -0.1) is 0 Å². The molecule has 250 valence electrons. The molecule has 20 nitrogen and oxygen atoms in total. The Morgan fingerprint density at radius 1 is 0.894 bits per heavy atom. The normalized spacial score (nSPS) is 22.4. The second-order valence-electron chi connectivity index (χ2n) is 9.64. The van der Waals surface area contributed by atoms with Crippen LogP contribution in [0.3, 0.4) is 0 Å². The molecule has 0 amide bonds. The molecule has 1 saturated heterocycles. The fourth-order valence-corrected chi connectivity index (χ4v) is 7.58. The summed E-state index contributed by atoms with van der Waals surface area (Å²) in [5, 5.41) is 11.3. The molecule has 5 rings (SSSR count). The Bertz CT molecular complexity index is 1950. The molecule has 3 heterocycles. The van der Waals surface area contributed by atoms with Gasteiger partial charge in [-0.25, -0.2) is 33.4 Å². The highest BCUT2D eigenvalue weighted by molar-refractivity contribution is 7.66. The topological polar surface area (TPSA) is 302 Å². The summed E-state index contributed by atoms with van der Waals surface area (Å²) in [7, 11) is -17.2. The van der Waals surface area contributed by atoms with E-state index >= 15 is 0 Å². The highest BCUT2D eigenvalue weighted by atomic mass is 31.3. The van der Waals surface area contributed by atoms with Gasteiger partial charge in [0, 0.05) is 11.1 Å². The number of aliphatic hydroxyl groups is 1. The Morgan fingerprint density at radius 2 is 1.55 bits per heavy atom. The summed E-state index contributed by atoms with van der Waals surface area (Å²) in [4.78, 5) is 75.6. The van der Waals surface area contributed by atoms with Crippen molar-refractivity contribution in [1.29, 1.82) is 0 Å². The number of anilines is 1. The Hall–Kier alpha value is -3.74. The van der Waals surface area contributed by atoms with Gasteiger partial charge in [-0.3, -0.25) is 13.9 Å². The van der Waals surface area contributed by atoms with Gasteiger partial charge in [0.15, 0.2) is 29.6 Å². The monoisotopic (exact) mass is 715 g/mol. The molecule has 1 aliphatic rings. The SMILES string of the molecule is Nc1ncnc2c1ncn2[C@@H]1O[C@H](COP(=O)(O)OP(=O)(O)OP(=O)(O)O)[C@@H](OC(=O)c2ccccc2C(=O)c2ccccc2)[C@H]1O. The minimum atomic E-state index is -5.86. The fourth-order valence-electron chi connectivity index (χ4n) is 4.55. The minimum absolute atomic E-state index is 0.0203. The molecule has 0 bridgehead atoms. The highest BCUT2D eigenvalue weighted by Gasteiger charge is 2.50. The molecule has 0 saturated carbocycles. The third-order valence-corrected chi connectivity index (χ3v) is 10.3. The standard InChI is InChI=1S/C24H24N5O15P3/c25-21-17-22(27-11-26-21)29(12-28-17)23-19(31)20(16(41-23)10-40-46(36,37)44-47(38,39)43-45(33,34)35)42-24(32)15-9-5-4-8-14(15)18(30)13-6-2-1-3-7-13/h1-9,11-12,16,19-20,23,31H,10H2,(H,36,37)(H,38,39)(H2,25,26,27)(H2,33,34,35)/t16-,19-,20-,23-/m1/s1. The molecular formula is C24H24N5O15P3. The Kier molecular flexibility index (Phi) is 9.87. The molecule has 2 aromatic carbocycles. The molecular weight excluding hydrogens is 691 g/mol. The minimum Gasteiger partial charge on any atom is -0.453 e. The van der Waals surface area contributed by atoms with Crippen molar-refractivity contribution in [2.75, 3.05) is 12.3 Å². The molecule has 1 fully saturated rings. The van der Waals surface area contributed by atoms with E-state index in [2.05, 4.69) is 23.6 Å². The maximum atomic E-state index is 13.5. The Labute approximate surface area is 263 Å². The van der Waals surface area contributed by atoms with E-state index in [-0.39, 0.29) is 33.7 Å². The van der Waals surface area contributed by atoms with Gasteiger partial charge in [-0.2, -0.15) is 8.62 Å². The van der Waals surface area contributed by atoms with E-state index < -0.39 is 66.4 Å². The number of benzene rings is 2. The number of phosphoric acid groups is 3. The van der Waals surface area contributed by atoms with Crippen LogP contribution in [-0.2, 0) is 36.3 Å². The summed E-state index contributed by atoms with van der Waals surface area (Å²) in [6.07, 6.45) is -4.35. The second kappa shape index (κ2) is 13.4. The van der Waals surface area contributed by atoms with Crippen molar-refractivity contribution in [3.63, 3.8) is 0 Å². The smallest absolute Gasteiger partial charge is 0.453 e. The van der Waals surface area contributed by atoms with Gasteiger partial charge in [0.1, 0.15) is 24.1 Å². The van der Waals surface area contributed by atoms with Crippen LogP contribution >= 0.6 is 23.5 Å². The summed E-state index contributed by atoms with van der Waals surface area (Å²) >= 11 is 0. The number of fused-ring (bicyclic) bond motifs is 1. The predicted octanol–water partition coefficient (Wildman–Crippen LogP) is 1.47. The van der Waals surface area contributed by atoms with Crippen LogP contribution in [-0.4, -0.2) is 80.9 Å². The van der Waals surface area contributed by atoms with Gasteiger partial charge >= 0.3 is 29.4 Å². The van der Waals surface area contributed by atoms with E-state index in [0.29, 0.717) is 0 Å². The first-order valence-electron chi connectivity index (χ1n) is 13.0. The summed E-state index contributed by atoms with van der Waals surface area (Å²) in [5.41, 5.74) is 6.01. The first kappa shape index (κ1) is 34.6. The van der Waals surface area contributed by atoms with Crippen molar-refractivity contribution in [2.24, 2.45) is 0 Å². The van der Waals surface area contributed by atoms with Crippen LogP contribution in [0.4, 0.5) is 5.82 Å². The van der Waals surface area contributed by atoms with Gasteiger partial charge in [-0.1, -0.05) is 48.5 Å². The summed E-state index contributed by atoms with van der Waals surface area (Å²) < 4.78 is 59.8. The predicted molar refractivity (Wildman–Crippen MR) is 155 cm³/mol. The first-order valence-corrected chi connectivity index (χ1v) is 17.5. The zero-order chi connectivity index (χ0) is 34.1. The fraction of sp³-hybridized carbons (Fsp3) is 0.208. The number of ketones is 1. The number of nitrogen functional groups attached to an aromatic ring is 1. The number of nitrogens with two attached hydrogens (primary N) is 1. The van der Waals surface area contributed by atoms with Crippen molar-refractivity contribution in [1.82, 2.24) is 19.5 Å². The van der Waals surface area contributed by atoms with Crippen molar-refractivity contribution in [2.45, 2.75) is 24.5 Å². The van der Waals surface area contributed by atoms with Crippen LogP contribution in [0.1, 0.15) is 32.5 Å². The zero-order valence-electron chi connectivity index (χ0n) is 23.4. The van der Waals surface area contributed by atoms with Crippen molar-refractivity contribution in [3.05, 3.63) is 83.9 Å². The number of esters is 1. The van der Waals surface area contributed by atoms with Crippen LogP contribution in [0.25, 0.3) is 11.2 Å². The molecule has 2 unspecified atom stereocenters. The molecule has 6 atom stereocenters. The van der Waals surface area contributed by atoms with Gasteiger partial charge in [0.25, 0.3) is 0 Å². The molecule has 23 heteroatoms.